The first kappa shape index (κ1) is 9.31. The van der Waals surface area contributed by atoms with Gasteiger partial charge in [-0.15, -0.1) is 0 Å². The lowest BCUT2D eigenvalue weighted by molar-refractivity contribution is 0.0672. The molecule has 1 aromatic carbocycles. The second-order valence-electron chi connectivity index (χ2n) is 2.26. The van der Waals surface area contributed by atoms with Crippen LogP contribution >= 0.6 is 0 Å². The number of rotatable bonds is 2. The molecule has 64 valence electrons. The summed E-state index contributed by atoms with van der Waals surface area (Å²) >= 11 is 0. The molecule has 0 bridgehead atoms. The molecule has 0 atom stereocenters. The summed E-state index contributed by atoms with van der Waals surface area (Å²) in [5.74, 6) is -2.06. The van der Waals surface area contributed by atoms with Gasteiger partial charge < -0.3 is 9.76 Å². The van der Waals surface area contributed by atoms with E-state index < -0.39 is 11.9 Å². The first-order valence-electron chi connectivity index (χ1n) is 3.40. The maximum Gasteiger partial charge on any atom is 0.378 e. The fraction of sp³-hybridized carbons (Fsp3) is 0. The van der Waals surface area contributed by atoms with E-state index in [2.05, 4.69) is 12.7 Å². The normalized spacial score (nSPS) is 9.23. The average Bonchev–Trinajstić information content (AvgIpc) is 2.16. The van der Waals surface area contributed by atoms with Crippen LogP contribution in [-0.2, 0) is 4.65 Å². The summed E-state index contributed by atoms with van der Waals surface area (Å²) in [5, 5.41) is 8.66. The smallest absolute Gasteiger partial charge is 0.378 e. The minimum atomic E-state index is -1.19. The Kier molecular flexibility index (Phi) is 2.69. The van der Waals surface area contributed by atoms with Crippen molar-refractivity contribution in [3.05, 3.63) is 35.4 Å². The zero-order valence-corrected chi connectivity index (χ0v) is 6.56. The predicted molar refractivity (Wildman–Crippen MR) is 44.6 cm³/mol. The van der Waals surface area contributed by atoms with Crippen LogP contribution in [0.25, 0.3) is 0 Å². The minimum absolute atomic E-state index is 0.0579. The lowest BCUT2D eigenvalue weighted by atomic mass is 10.1. The molecule has 1 rings (SSSR count). The molecule has 0 fully saturated rings. The monoisotopic (exact) mass is 176 g/mol. The summed E-state index contributed by atoms with van der Waals surface area (Å²) in [7, 11) is 4.63. The van der Waals surface area contributed by atoms with E-state index in [1.165, 1.54) is 24.3 Å². The predicted octanol–water partition coefficient (Wildman–Crippen LogP) is 0.625. The van der Waals surface area contributed by atoms with E-state index in [0.29, 0.717) is 0 Å². The highest BCUT2D eigenvalue weighted by atomic mass is 16.5. The highest BCUT2D eigenvalue weighted by Gasteiger charge is 2.14. The molecule has 0 heterocycles. The Morgan fingerprint density at radius 1 is 1.23 bits per heavy atom. The van der Waals surface area contributed by atoms with Crippen molar-refractivity contribution in [2.75, 3.05) is 0 Å². The Morgan fingerprint density at radius 2 is 1.77 bits per heavy atom. The number of carbonyl (C=O) groups excluding carboxylic acids is 1. The SMILES string of the molecule is [B]OC(=O)c1ccccc1C(=O)O. The van der Waals surface area contributed by atoms with Gasteiger partial charge in [-0.2, -0.15) is 0 Å². The Morgan fingerprint density at radius 3 is 2.23 bits per heavy atom. The second kappa shape index (κ2) is 3.75. The van der Waals surface area contributed by atoms with Crippen LogP contribution in [0.1, 0.15) is 20.7 Å². The highest BCUT2D eigenvalue weighted by molar-refractivity contribution is 6.12. The van der Waals surface area contributed by atoms with Crippen molar-refractivity contribution < 1.29 is 19.3 Å². The second-order valence-corrected chi connectivity index (χ2v) is 2.26. The van der Waals surface area contributed by atoms with Crippen molar-refractivity contribution in [2.45, 2.75) is 0 Å². The molecule has 1 aromatic rings. The maximum atomic E-state index is 10.9. The van der Waals surface area contributed by atoms with Crippen molar-refractivity contribution in [1.82, 2.24) is 0 Å². The fourth-order valence-electron chi connectivity index (χ4n) is 0.911. The summed E-state index contributed by atoms with van der Waals surface area (Å²) < 4.78 is 3.92. The molecule has 4 nitrogen and oxygen atoms in total. The Hall–Kier alpha value is -1.78. The molecule has 13 heavy (non-hydrogen) atoms. The highest BCUT2D eigenvalue weighted by Crippen LogP contribution is 2.09. The largest absolute Gasteiger partial charge is 0.540 e. The standard InChI is InChI=1S/C8H5BO4/c9-13-8(12)6-4-2-1-3-5(6)7(10)11/h1-4H,(H,10,11). The number of hydrogen-bond donors (Lipinski definition) is 1. The molecule has 0 amide bonds. The van der Waals surface area contributed by atoms with Crippen LogP contribution in [0.2, 0.25) is 0 Å². The van der Waals surface area contributed by atoms with Gasteiger partial charge in [0.05, 0.1) is 11.1 Å². The van der Waals surface area contributed by atoms with Crippen LogP contribution in [0.5, 0.6) is 0 Å². The lowest BCUT2D eigenvalue weighted by Gasteiger charge is -2.02. The molecule has 0 aromatic heterocycles. The number of aromatic carboxylic acids is 1. The van der Waals surface area contributed by atoms with Crippen LogP contribution in [-0.4, -0.2) is 25.1 Å². The molecule has 0 spiro atoms. The van der Waals surface area contributed by atoms with Gasteiger partial charge in [-0.3, -0.25) is 0 Å². The maximum absolute atomic E-state index is 10.9. The van der Waals surface area contributed by atoms with E-state index in [1.807, 2.05) is 0 Å². The van der Waals surface area contributed by atoms with Gasteiger partial charge in [0.25, 0.3) is 0 Å². The molecule has 0 saturated heterocycles. The van der Waals surface area contributed by atoms with Crippen LogP contribution in [0.3, 0.4) is 0 Å². The molecule has 5 heteroatoms. The van der Waals surface area contributed by atoms with Crippen molar-refractivity contribution in [3.63, 3.8) is 0 Å². The minimum Gasteiger partial charge on any atom is -0.540 e. The number of carboxylic acid groups (broad SMARTS) is 1. The average molecular weight is 176 g/mol. The molecule has 0 aliphatic heterocycles. The zero-order chi connectivity index (χ0) is 9.84. The van der Waals surface area contributed by atoms with Crippen LogP contribution in [0.4, 0.5) is 0 Å². The van der Waals surface area contributed by atoms with Crippen LogP contribution < -0.4 is 0 Å². The molecule has 1 N–H and O–H groups in total. The number of hydrogen-bond acceptors (Lipinski definition) is 3. The third kappa shape index (κ3) is 1.87. The third-order valence-electron chi connectivity index (χ3n) is 1.48. The Labute approximate surface area is 75.6 Å². The molecule has 2 radical (unpaired) electrons. The number of carbonyl (C=O) groups is 2. The zero-order valence-electron chi connectivity index (χ0n) is 6.56. The molecule has 0 aliphatic carbocycles. The number of carboxylic acids is 1. The van der Waals surface area contributed by atoms with Gasteiger partial charge in [0.2, 0.25) is 0 Å². The fourth-order valence-corrected chi connectivity index (χ4v) is 0.911. The van der Waals surface area contributed by atoms with E-state index in [4.69, 9.17) is 5.11 Å². The van der Waals surface area contributed by atoms with Crippen molar-refractivity contribution in [2.24, 2.45) is 0 Å². The van der Waals surface area contributed by atoms with Gasteiger partial charge >= 0.3 is 20.0 Å². The van der Waals surface area contributed by atoms with Crippen LogP contribution in [0.15, 0.2) is 24.3 Å². The van der Waals surface area contributed by atoms with E-state index in [0.717, 1.165) is 0 Å². The van der Waals surface area contributed by atoms with Crippen molar-refractivity contribution >= 4 is 20.0 Å². The quantitative estimate of drug-likeness (QED) is 0.670. The molecule has 0 aliphatic rings. The van der Waals surface area contributed by atoms with Gasteiger partial charge in [-0.25, -0.2) is 9.59 Å². The van der Waals surface area contributed by atoms with Crippen molar-refractivity contribution in [1.29, 1.82) is 0 Å². The van der Waals surface area contributed by atoms with Crippen LogP contribution in [0, 0.1) is 0 Å². The van der Waals surface area contributed by atoms with E-state index in [1.54, 1.807) is 0 Å². The van der Waals surface area contributed by atoms with E-state index >= 15 is 0 Å². The molecular formula is C8H5BO4. The Balaban J connectivity index is 3.19. The van der Waals surface area contributed by atoms with E-state index in [-0.39, 0.29) is 11.1 Å². The van der Waals surface area contributed by atoms with Crippen molar-refractivity contribution in [3.8, 4) is 0 Å². The first-order valence-corrected chi connectivity index (χ1v) is 3.40. The van der Waals surface area contributed by atoms with Gasteiger partial charge in [-0.05, 0) is 12.1 Å². The summed E-state index contributed by atoms with van der Waals surface area (Å²) in [6.07, 6.45) is 0. The topological polar surface area (TPSA) is 63.6 Å². The summed E-state index contributed by atoms with van der Waals surface area (Å²) in [4.78, 5) is 21.5. The third-order valence-corrected chi connectivity index (χ3v) is 1.48. The first-order chi connectivity index (χ1) is 6.16. The summed E-state index contributed by atoms with van der Waals surface area (Å²) in [5.41, 5.74) is -0.185. The van der Waals surface area contributed by atoms with Gasteiger partial charge in [0, 0.05) is 0 Å². The van der Waals surface area contributed by atoms with Gasteiger partial charge in [0.1, 0.15) is 0 Å². The summed E-state index contributed by atoms with van der Waals surface area (Å²) in [6.45, 7) is 0. The van der Waals surface area contributed by atoms with E-state index in [9.17, 15) is 9.59 Å². The molecular weight excluding hydrogens is 171 g/mol. The Bertz CT molecular complexity index is 348. The van der Waals surface area contributed by atoms with Gasteiger partial charge in [0.15, 0.2) is 0 Å². The lowest BCUT2D eigenvalue weighted by Crippen LogP contribution is -2.09. The van der Waals surface area contributed by atoms with Gasteiger partial charge in [-0.1, -0.05) is 12.1 Å². The molecule has 0 unspecified atom stereocenters. The summed E-state index contributed by atoms with van der Waals surface area (Å²) in [6, 6.07) is 5.67. The number of benzene rings is 1. The molecule has 0 saturated carbocycles.